The highest BCUT2D eigenvalue weighted by atomic mass is 35.5. The fourth-order valence-corrected chi connectivity index (χ4v) is 2.18. The minimum Gasteiger partial charge on any atom is -0.253 e. The summed E-state index contributed by atoms with van der Waals surface area (Å²) in [5.74, 6) is 0. The first kappa shape index (κ1) is 11.6. The molecule has 0 aliphatic carbocycles. The van der Waals surface area contributed by atoms with E-state index in [4.69, 9.17) is 58.0 Å². The molecule has 0 atom stereocenters. The first-order chi connectivity index (χ1) is 7.02. The Labute approximate surface area is 111 Å². The summed E-state index contributed by atoms with van der Waals surface area (Å²) in [5.41, 5.74) is 0.487. The zero-order chi connectivity index (χ0) is 11.2. The first-order valence-corrected chi connectivity index (χ1v) is 5.68. The van der Waals surface area contributed by atoms with Crippen LogP contribution in [0, 0.1) is 0 Å². The minimum atomic E-state index is 0.261. The van der Waals surface area contributed by atoms with Gasteiger partial charge in [-0.1, -0.05) is 58.0 Å². The van der Waals surface area contributed by atoms with E-state index < -0.39 is 0 Å². The van der Waals surface area contributed by atoms with Crippen molar-refractivity contribution in [2.45, 2.75) is 0 Å². The van der Waals surface area contributed by atoms with E-state index in [-0.39, 0.29) is 10.0 Å². The van der Waals surface area contributed by atoms with Crippen LogP contribution in [0.15, 0.2) is 12.3 Å². The van der Waals surface area contributed by atoms with Crippen molar-refractivity contribution in [1.29, 1.82) is 0 Å². The van der Waals surface area contributed by atoms with E-state index in [1.165, 1.54) is 6.20 Å². The third kappa shape index (κ3) is 1.88. The third-order valence-electron chi connectivity index (χ3n) is 1.89. The Kier molecular flexibility index (Phi) is 3.20. The van der Waals surface area contributed by atoms with Gasteiger partial charge in [-0.2, -0.15) is 0 Å². The van der Waals surface area contributed by atoms with Crippen LogP contribution >= 0.6 is 58.0 Å². The van der Waals surface area contributed by atoms with Crippen LogP contribution in [0.3, 0.4) is 0 Å². The van der Waals surface area contributed by atoms with Crippen molar-refractivity contribution in [3.8, 4) is 0 Å². The fraction of sp³-hybridized carbons (Fsp3) is 0. The lowest BCUT2D eigenvalue weighted by atomic mass is 10.2. The second kappa shape index (κ2) is 4.15. The van der Waals surface area contributed by atoms with E-state index in [9.17, 15) is 0 Å². The number of benzene rings is 1. The molecule has 0 aliphatic heterocycles. The van der Waals surface area contributed by atoms with Gasteiger partial charge in [0.2, 0.25) is 0 Å². The van der Waals surface area contributed by atoms with Crippen LogP contribution in [-0.4, -0.2) is 4.98 Å². The molecule has 0 saturated heterocycles. The van der Waals surface area contributed by atoms with Crippen molar-refractivity contribution in [2.24, 2.45) is 0 Å². The van der Waals surface area contributed by atoms with Crippen LogP contribution in [0.4, 0.5) is 0 Å². The molecule has 78 valence electrons. The van der Waals surface area contributed by atoms with Gasteiger partial charge in [-0.25, -0.2) is 0 Å². The molecular weight excluding hydrogens is 299 g/mol. The molecule has 2 aromatic rings. The molecule has 1 aromatic carbocycles. The molecule has 1 aromatic heterocycles. The summed E-state index contributed by atoms with van der Waals surface area (Å²) in [7, 11) is 0. The third-order valence-corrected chi connectivity index (χ3v) is 3.93. The average molecular weight is 301 g/mol. The molecule has 6 heteroatoms. The summed E-state index contributed by atoms with van der Waals surface area (Å²) in [6, 6.07) is 1.59. The van der Waals surface area contributed by atoms with Gasteiger partial charge in [0.25, 0.3) is 0 Å². The van der Waals surface area contributed by atoms with E-state index in [1.54, 1.807) is 6.07 Å². The molecular formula is C9H2Cl5N. The summed E-state index contributed by atoms with van der Waals surface area (Å²) < 4.78 is 0. The summed E-state index contributed by atoms with van der Waals surface area (Å²) in [4.78, 5) is 4.05. The molecule has 0 unspecified atom stereocenters. The second-order valence-electron chi connectivity index (χ2n) is 2.80. The number of hydrogen-bond acceptors (Lipinski definition) is 1. The van der Waals surface area contributed by atoms with E-state index >= 15 is 0 Å². The van der Waals surface area contributed by atoms with E-state index in [0.717, 1.165) is 0 Å². The standard InChI is InChI=1S/C9H2Cl5N/c10-4-1-3-6(12)5(11)2-15-9(3)8(14)7(4)13/h1-2H. The van der Waals surface area contributed by atoms with Crippen molar-refractivity contribution >= 4 is 68.9 Å². The maximum absolute atomic E-state index is 5.99. The van der Waals surface area contributed by atoms with Crippen molar-refractivity contribution in [3.05, 3.63) is 37.4 Å². The highest BCUT2D eigenvalue weighted by Crippen LogP contribution is 2.39. The number of aromatic nitrogens is 1. The molecule has 1 nitrogen and oxygen atoms in total. The van der Waals surface area contributed by atoms with Gasteiger partial charge in [0, 0.05) is 11.6 Å². The van der Waals surface area contributed by atoms with Crippen molar-refractivity contribution in [1.82, 2.24) is 4.98 Å². The van der Waals surface area contributed by atoms with Crippen LogP contribution in [0.5, 0.6) is 0 Å². The van der Waals surface area contributed by atoms with Gasteiger partial charge >= 0.3 is 0 Å². The number of nitrogens with zero attached hydrogens (tertiary/aromatic N) is 1. The molecule has 0 fully saturated rings. The summed E-state index contributed by atoms with van der Waals surface area (Å²) in [5, 5.41) is 2.15. The predicted molar refractivity (Wildman–Crippen MR) is 66.8 cm³/mol. The molecule has 0 saturated carbocycles. The summed E-state index contributed by atoms with van der Waals surface area (Å²) in [6.45, 7) is 0. The Hall–Kier alpha value is 0.0800. The van der Waals surface area contributed by atoms with Gasteiger partial charge in [-0.3, -0.25) is 4.98 Å². The van der Waals surface area contributed by atoms with Gasteiger partial charge in [0.1, 0.15) is 0 Å². The monoisotopic (exact) mass is 299 g/mol. The zero-order valence-corrected chi connectivity index (χ0v) is 10.8. The Morgan fingerprint density at radius 1 is 0.800 bits per heavy atom. The SMILES string of the molecule is Clc1cc2c(Cl)c(Cl)cnc2c(Cl)c1Cl. The predicted octanol–water partition coefficient (Wildman–Crippen LogP) is 5.50. The topological polar surface area (TPSA) is 12.9 Å². The highest BCUT2D eigenvalue weighted by molar-refractivity contribution is 6.52. The van der Waals surface area contributed by atoms with Gasteiger partial charge in [0.15, 0.2) is 0 Å². The lowest BCUT2D eigenvalue weighted by Gasteiger charge is -2.06. The van der Waals surface area contributed by atoms with Crippen molar-refractivity contribution in [2.75, 3.05) is 0 Å². The number of rotatable bonds is 0. The Balaban J connectivity index is 2.98. The van der Waals surface area contributed by atoms with Crippen LogP contribution < -0.4 is 0 Å². The number of pyridine rings is 1. The van der Waals surface area contributed by atoms with Crippen LogP contribution in [0.25, 0.3) is 10.9 Å². The molecule has 0 amide bonds. The van der Waals surface area contributed by atoms with Crippen LogP contribution in [0.2, 0.25) is 25.1 Å². The molecule has 0 radical (unpaired) electrons. The lowest BCUT2D eigenvalue weighted by molar-refractivity contribution is 1.41. The molecule has 0 spiro atoms. The normalized spacial score (nSPS) is 11.0. The van der Waals surface area contributed by atoms with Gasteiger partial charge in [-0.05, 0) is 6.07 Å². The van der Waals surface area contributed by atoms with E-state index in [0.29, 0.717) is 26.0 Å². The molecule has 15 heavy (non-hydrogen) atoms. The molecule has 0 N–H and O–H groups in total. The minimum absolute atomic E-state index is 0.261. The smallest absolute Gasteiger partial charge is 0.0920 e. The number of hydrogen-bond donors (Lipinski definition) is 0. The second-order valence-corrected chi connectivity index (χ2v) is 4.75. The fourth-order valence-electron chi connectivity index (χ4n) is 1.19. The van der Waals surface area contributed by atoms with Gasteiger partial charge in [0.05, 0.1) is 30.6 Å². The van der Waals surface area contributed by atoms with Crippen molar-refractivity contribution in [3.63, 3.8) is 0 Å². The average Bonchev–Trinajstić information content (AvgIpc) is 2.21. The van der Waals surface area contributed by atoms with Crippen molar-refractivity contribution < 1.29 is 0 Å². The molecule has 0 aliphatic rings. The van der Waals surface area contributed by atoms with E-state index in [2.05, 4.69) is 4.98 Å². The summed E-state index contributed by atoms with van der Waals surface area (Å²) >= 11 is 29.5. The first-order valence-electron chi connectivity index (χ1n) is 3.79. The largest absolute Gasteiger partial charge is 0.253 e. The Morgan fingerprint density at radius 3 is 2.13 bits per heavy atom. The van der Waals surface area contributed by atoms with E-state index in [1.807, 2.05) is 0 Å². The van der Waals surface area contributed by atoms with Crippen LogP contribution in [0.1, 0.15) is 0 Å². The quantitative estimate of drug-likeness (QED) is 0.585. The number of halogens is 5. The Bertz CT molecular complexity index is 552. The zero-order valence-electron chi connectivity index (χ0n) is 6.99. The number of fused-ring (bicyclic) bond motifs is 1. The highest BCUT2D eigenvalue weighted by Gasteiger charge is 2.13. The lowest BCUT2D eigenvalue weighted by Crippen LogP contribution is -1.84. The van der Waals surface area contributed by atoms with Crippen LogP contribution in [-0.2, 0) is 0 Å². The maximum Gasteiger partial charge on any atom is 0.0920 e. The van der Waals surface area contributed by atoms with Gasteiger partial charge < -0.3 is 0 Å². The maximum atomic E-state index is 5.99. The Morgan fingerprint density at radius 2 is 1.47 bits per heavy atom. The molecule has 0 bridgehead atoms. The summed E-state index contributed by atoms with van der Waals surface area (Å²) in [6.07, 6.45) is 1.42. The molecule has 1 heterocycles. The van der Waals surface area contributed by atoms with Gasteiger partial charge in [-0.15, -0.1) is 0 Å². The molecule has 2 rings (SSSR count).